The molecule has 6 nitrogen and oxygen atoms in total. The van der Waals surface area contributed by atoms with Crippen LogP contribution in [0.4, 0.5) is 0 Å². The zero-order valence-electron chi connectivity index (χ0n) is 24.6. The van der Waals surface area contributed by atoms with Crippen molar-refractivity contribution in [1.29, 1.82) is 0 Å². The van der Waals surface area contributed by atoms with Crippen LogP contribution in [-0.4, -0.2) is 37.1 Å². The van der Waals surface area contributed by atoms with E-state index in [9.17, 15) is 14.4 Å². The molecule has 0 spiro atoms. The third kappa shape index (κ3) is 24.5. The first-order valence-corrected chi connectivity index (χ1v) is 15.7. The highest BCUT2D eigenvalue weighted by Crippen LogP contribution is 2.12. The first-order chi connectivity index (χ1) is 18.0. The summed E-state index contributed by atoms with van der Waals surface area (Å²) in [5, 5.41) is 2.77. The van der Waals surface area contributed by atoms with Crippen molar-refractivity contribution in [2.75, 3.05) is 13.2 Å². The smallest absolute Gasteiger partial charge is 0.328 e. The summed E-state index contributed by atoms with van der Waals surface area (Å²) in [5.41, 5.74) is 0. The van der Waals surface area contributed by atoms with Gasteiger partial charge in [-0.05, 0) is 26.2 Å². The van der Waals surface area contributed by atoms with Crippen LogP contribution in [0.2, 0.25) is 0 Å². The number of hydrogen-bond donors (Lipinski definition) is 1. The second-order valence-corrected chi connectivity index (χ2v) is 10.4. The Morgan fingerprint density at radius 3 is 1.51 bits per heavy atom. The average Bonchev–Trinajstić information content (AvgIpc) is 2.88. The van der Waals surface area contributed by atoms with Gasteiger partial charge in [0, 0.05) is 12.8 Å². The molecule has 37 heavy (non-hydrogen) atoms. The van der Waals surface area contributed by atoms with E-state index < -0.39 is 12.0 Å². The van der Waals surface area contributed by atoms with E-state index in [1.54, 1.807) is 6.92 Å². The molecule has 0 rings (SSSR count). The van der Waals surface area contributed by atoms with Crippen molar-refractivity contribution < 1.29 is 23.9 Å². The van der Waals surface area contributed by atoms with Crippen molar-refractivity contribution in [3.63, 3.8) is 0 Å². The Kier molecular flexibility index (Phi) is 26.3. The molecular formula is C31H59NO5. The van der Waals surface area contributed by atoms with E-state index in [2.05, 4.69) is 19.2 Å². The molecule has 0 bridgehead atoms. The zero-order valence-corrected chi connectivity index (χ0v) is 24.6. The summed E-state index contributed by atoms with van der Waals surface area (Å²) >= 11 is 0. The highest BCUT2D eigenvalue weighted by molar-refractivity contribution is 5.84. The van der Waals surface area contributed by atoms with Gasteiger partial charge in [0.2, 0.25) is 5.91 Å². The summed E-state index contributed by atoms with van der Waals surface area (Å²) in [6.45, 7) is 6.86. The molecule has 1 amide bonds. The maximum atomic E-state index is 12.4. The summed E-state index contributed by atoms with van der Waals surface area (Å²) in [6, 6.07) is -0.795. The molecule has 0 aromatic heterocycles. The van der Waals surface area contributed by atoms with Crippen molar-refractivity contribution in [3.8, 4) is 0 Å². The van der Waals surface area contributed by atoms with E-state index in [4.69, 9.17) is 9.47 Å². The fourth-order valence-corrected chi connectivity index (χ4v) is 4.46. The number of carbonyl (C=O) groups is 3. The van der Waals surface area contributed by atoms with Crippen LogP contribution in [0.5, 0.6) is 0 Å². The first kappa shape index (κ1) is 35.4. The molecule has 0 aliphatic heterocycles. The Bertz CT molecular complexity index is 552. The third-order valence-corrected chi connectivity index (χ3v) is 6.81. The molecule has 0 aliphatic carbocycles. The van der Waals surface area contributed by atoms with Crippen LogP contribution in [0.3, 0.4) is 0 Å². The minimum Gasteiger partial charge on any atom is -0.466 e. The Balaban J connectivity index is 3.97. The van der Waals surface area contributed by atoms with Crippen LogP contribution in [0, 0.1) is 0 Å². The minimum atomic E-state index is -0.795. The lowest BCUT2D eigenvalue weighted by atomic mass is 10.1. The van der Waals surface area contributed by atoms with E-state index in [1.807, 2.05) is 0 Å². The number of ether oxygens (including phenoxy) is 2. The third-order valence-electron chi connectivity index (χ3n) is 6.81. The molecule has 0 radical (unpaired) electrons. The molecular weight excluding hydrogens is 466 g/mol. The standard InChI is InChI=1S/C31H59NO5/c1-4-7-9-11-13-15-17-19-21-23-27-37-30(34)26-25-28(31(35)36-6-3)32-29(33)24-22-20-18-16-14-12-10-8-5-2/h28H,4-27H2,1-3H3,(H,32,33)/t28-/m0/s1. The van der Waals surface area contributed by atoms with Crippen molar-refractivity contribution in [2.45, 2.75) is 168 Å². The van der Waals surface area contributed by atoms with Crippen LogP contribution < -0.4 is 5.32 Å². The average molecular weight is 526 g/mol. The second-order valence-electron chi connectivity index (χ2n) is 10.4. The molecule has 0 saturated carbocycles. The molecule has 1 N–H and O–H groups in total. The number of rotatable bonds is 27. The largest absolute Gasteiger partial charge is 0.466 e. The fraction of sp³-hybridized carbons (Fsp3) is 0.903. The number of carbonyl (C=O) groups excluding carboxylic acids is 3. The van der Waals surface area contributed by atoms with Gasteiger partial charge in [0.05, 0.1) is 13.2 Å². The maximum absolute atomic E-state index is 12.4. The molecule has 0 unspecified atom stereocenters. The van der Waals surface area contributed by atoms with Crippen molar-refractivity contribution >= 4 is 17.8 Å². The lowest BCUT2D eigenvalue weighted by Gasteiger charge is -2.17. The predicted octanol–water partition coefficient (Wildman–Crippen LogP) is 8.20. The van der Waals surface area contributed by atoms with Gasteiger partial charge in [-0.15, -0.1) is 0 Å². The Morgan fingerprint density at radius 2 is 1.03 bits per heavy atom. The number of nitrogens with one attached hydrogen (secondary N) is 1. The van der Waals surface area contributed by atoms with E-state index in [-0.39, 0.29) is 31.3 Å². The molecule has 0 aliphatic rings. The van der Waals surface area contributed by atoms with Crippen molar-refractivity contribution in [3.05, 3.63) is 0 Å². The maximum Gasteiger partial charge on any atom is 0.328 e. The Morgan fingerprint density at radius 1 is 0.568 bits per heavy atom. The summed E-state index contributed by atoms with van der Waals surface area (Å²) in [5.74, 6) is -0.955. The first-order valence-electron chi connectivity index (χ1n) is 15.7. The summed E-state index contributed by atoms with van der Waals surface area (Å²) in [4.78, 5) is 36.8. The fourth-order valence-electron chi connectivity index (χ4n) is 4.46. The zero-order chi connectivity index (χ0) is 27.4. The highest BCUT2D eigenvalue weighted by Gasteiger charge is 2.23. The topological polar surface area (TPSA) is 81.7 Å². The molecule has 0 aromatic carbocycles. The van der Waals surface area contributed by atoms with Crippen LogP contribution >= 0.6 is 0 Å². The number of amides is 1. The van der Waals surface area contributed by atoms with E-state index in [1.165, 1.54) is 89.9 Å². The highest BCUT2D eigenvalue weighted by atomic mass is 16.5. The molecule has 218 valence electrons. The van der Waals surface area contributed by atoms with Crippen LogP contribution in [0.15, 0.2) is 0 Å². The predicted molar refractivity (Wildman–Crippen MR) is 152 cm³/mol. The van der Waals surface area contributed by atoms with Gasteiger partial charge < -0.3 is 14.8 Å². The van der Waals surface area contributed by atoms with E-state index in [0.29, 0.717) is 13.0 Å². The van der Waals surface area contributed by atoms with Crippen molar-refractivity contribution in [2.24, 2.45) is 0 Å². The van der Waals surface area contributed by atoms with Gasteiger partial charge in [0.15, 0.2) is 0 Å². The number of unbranched alkanes of at least 4 members (excludes halogenated alkanes) is 17. The quantitative estimate of drug-likeness (QED) is 0.0863. The molecule has 0 saturated heterocycles. The Hall–Kier alpha value is -1.59. The lowest BCUT2D eigenvalue weighted by Crippen LogP contribution is -2.42. The van der Waals surface area contributed by atoms with Gasteiger partial charge in [0.1, 0.15) is 6.04 Å². The lowest BCUT2D eigenvalue weighted by molar-refractivity contribution is -0.149. The molecule has 0 heterocycles. The van der Waals surface area contributed by atoms with E-state index in [0.717, 1.165) is 32.1 Å². The molecule has 6 heteroatoms. The monoisotopic (exact) mass is 525 g/mol. The van der Waals surface area contributed by atoms with Gasteiger partial charge in [0.25, 0.3) is 0 Å². The summed E-state index contributed by atoms with van der Waals surface area (Å²) in [6.07, 6.45) is 23.7. The van der Waals surface area contributed by atoms with Gasteiger partial charge in [-0.1, -0.05) is 123 Å². The van der Waals surface area contributed by atoms with Crippen molar-refractivity contribution in [1.82, 2.24) is 5.32 Å². The van der Waals surface area contributed by atoms with Crippen LogP contribution in [-0.2, 0) is 23.9 Å². The van der Waals surface area contributed by atoms with E-state index >= 15 is 0 Å². The van der Waals surface area contributed by atoms with Gasteiger partial charge in [-0.2, -0.15) is 0 Å². The Labute approximate surface area is 228 Å². The van der Waals surface area contributed by atoms with Gasteiger partial charge >= 0.3 is 11.9 Å². The van der Waals surface area contributed by atoms with Crippen LogP contribution in [0.25, 0.3) is 0 Å². The molecule has 0 fully saturated rings. The number of hydrogen-bond acceptors (Lipinski definition) is 5. The normalized spacial score (nSPS) is 11.8. The number of esters is 2. The van der Waals surface area contributed by atoms with Crippen LogP contribution in [0.1, 0.15) is 162 Å². The second kappa shape index (κ2) is 27.4. The molecule has 0 aromatic rings. The summed E-state index contributed by atoms with van der Waals surface area (Å²) < 4.78 is 10.4. The van der Waals surface area contributed by atoms with Gasteiger partial charge in [-0.25, -0.2) is 4.79 Å². The SMILES string of the molecule is CCCCCCCCCCCCOC(=O)CC[C@H](NC(=O)CCCCCCCCCCC)C(=O)OCC. The molecule has 1 atom stereocenters. The minimum absolute atomic E-state index is 0.0968. The van der Waals surface area contributed by atoms with Gasteiger partial charge in [-0.3, -0.25) is 9.59 Å². The summed E-state index contributed by atoms with van der Waals surface area (Å²) in [7, 11) is 0.